The van der Waals surface area contributed by atoms with Crippen molar-refractivity contribution in [2.24, 2.45) is 5.92 Å². The van der Waals surface area contributed by atoms with Gasteiger partial charge in [0.25, 0.3) is 10.0 Å². The number of aryl methyl sites for hydroxylation is 1. The van der Waals surface area contributed by atoms with Crippen LogP contribution in [0.3, 0.4) is 0 Å². The predicted octanol–water partition coefficient (Wildman–Crippen LogP) is 6.80. The van der Waals surface area contributed by atoms with Crippen LogP contribution < -0.4 is 9.62 Å². The maximum Gasteiger partial charge on any atom is 0.264 e. The van der Waals surface area contributed by atoms with E-state index in [-0.39, 0.29) is 23.3 Å². The molecule has 226 valence electrons. The number of amides is 2. The topological polar surface area (TPSA) is 86.8 Å². The summed E-state index contributed by atoms with van der Waals surface area (Å²) in [5, 5.41) is 3.70. The molecule has 0 aliphatic carbocycles. The Hall–Kier alpha value is -2.72. The lowest BCUT2D eigenvalue weighted by Gasteiger charge is -2.33. The van der Waals surface area contributed by atoms with Gasteiger partial charge >= 0.3 is 0 Å². The van der Waals surface area contributed by atoms with E-state index in [2.05, 4.69) is 5.32 Å². The highest BCUT2D eigenvalue weighted by atomic mass is 35.5. The molecule has 0 aromatic heterocycles. The second-order valence-corrected chi connectivity index (χ2v) is 13.9. The first-order chi connectivity index (χ1) is 19.9. The molecule has 0 saturated heterocycles. The Balaban J connectivity index is 2.06. The number of hydrogen-bond donors (Lipinski definition) is 1. The van der Waals surface area contributed by atoms with E-state index in [0.717, 1.165) is 14.8 Å². The smallest absolute Gasteiger partial charge is 0.264 e. The van der Waals surface area contributed by atoms with Crippen molar-refractivity contribution in [1.82, 2.24) is 10.2 Å². The molecule has 1 atom stereocenters. The van der Waals surface area contributed by atoms with E-state index < -0.39 is 28.5 Å². The molecule has 11 heteroatoms. The maximum absolute atomic E-state index is 14.2. The Labute approximate surface area is 263 Å². The fraction of sp³-hybridized carbons (Fsp3) is 0.355. The minimum absolute atomic E-state index is 0.00730. The van der Waals surface area contributed by atoms with Gasteiger partial charge in [-0.1, -0.05) is 67.7 Å². The first-order valence-corrected chi connectivity index (χ1v) is 17.0. The first-order valence-electron chi connectivity index (χ1n) is 13.6. The van der Waals surface area contributed by atoms with Gasteiger partial charge in [0.15, 0.2) is 0 Å². The van der Waals surface area contributed by atoms with Crippen molar-refractivity contribution < 1.29 is 18.0 Å². The highest BCUT2D eigenvalue weighted by Crippen LogP contribution is 2.28. The summed E-state index contributed by atoms with van der Waals surface area (Å²) in [6.07, 6.45) is 2.22. The molecule has 0 aliphatic rings. The number of rotatable bonds is 13. The molecule has 0 bridgehead atoms. The van der Waals surface area contributed by atoms with Gasteiger partial charge in [-0.15, -0.1) is 11.8 Å². The third-order valence-corrected chi connectivity index (χ3v) is 9.79. The van der Waals surface area contributed by atoms with Gasteiger partial charge in [0.1, 0.15) is 12.6 Å². The summed E-state index contributed by atoms with van der Waals surface area (Å²) in [6.45, 7) is 7.58. The van der Waals surface area contributed by atoms with Crippen LogP contribution in [0.4, 0.5) is 5.69 Å². The van der Waals surface area contributed by atoms with Crippen LogP contribution in [-0.2, 0) is 26.2 Å². The van der Waals surface area contributed by atoms with Crippen LogP contribution in [0.25, 0.3) is 0 Å². The number of carbonyl (C=O) groups excluding carboxylic acids is 2. The Bertz CT molecular complexity index is 1480. The monoisotopic (exact) mass is 649 g/mol. The van der Waals surface area contributed by atoms with Crippen LogP contribution >= 0.6 is 35.0 Å². The summed E-state index contributed by atoms with van der Waals surface area (Å²) in [5.41, 5.74) is 1.87. The van der Waals surface area contributed by atoms with E-state index in [0.29, 0.717) is 34.3 Å². The number of halogens is 2. The van der Waals surface area contributed by atoms with Crippen LogP contribution in [0.5, 0.6) is 0 Å². The number of benzene rings is 3. The number of anilines is 1. The highest BCUT2D eigenvalue weighted by Gasteiger charge is 2.34. The second kappa shape index (κ2) is 15.1. The van der Waals surface area contributed by atoms with Crippen molar-refractivity contribution >= 4 is 62.5 Å². The summed E-state index contributed by atoms with van der Waals surface area (Å²) in [5.74, 6) is -0.652. The summed E-state index contributed by atoms with van der Waals surface area (Å²) in [7, 11) is -4.15. The third kappa shape index (κ3) is 8.66. The van der Waals surface area contributed by atoms with Gasteiger partial charge < -0.3 is 10.2 Å². The van der Waals surface area contributed by atoms with E-state index in [9.17, 15) is 18.0 Å². The Morgan fingerprint density at radius 3 is 2.17 bits per heavy atom. The lowest BCUT2D eigenvalue weighted by atomic mass is 10.1. The summed E-state index contributed by atoms with van der Waals surface area (Å²) in [4.78, 5) is 29.9. The normalized spacial score (nSPS) is 12.2. The maximum atomic E-state index is 14.2. The number of nitrogens with zero attached hydrogens (tertiary/aromatic N) is 2. The van der Waals surface area contributed by atoms with E-state index in [1.165, 1.54) is 28.8 Å². The van der Waals surface area contributed by atoms with Gasteiger partial charge in [0.05, 0.1) is 10.6 Å². The second-order valence-electron chi connectivity index (χ2n) is 10.3. The van der Waals surface area contributed by atoms with Gasteiger partial charge in [-0.05, 0) is 79.6 Å². The molecule has 3 rings (SSSR count). The number of thioether (sulfide) groups is 1. The van der Waals surface area contributed by atoms with Gasteiger partial charge in [-0.25, -0.2) is 8.42 Å². The molecule has 2 amide bonds. The van der Waals surface area contributed by atoms with Crippen LogP contribution in [-0.4, -0.2) is 50.5 Å². The van der Waals surface area contributed by atoms with Crippen molar-refractivity contribution in [2.45, 2.75) is 56.5 Å². The molecule has 0 heterocycles. The fourth-order valence-electron chi connectivity index (χ4n) is 4.29. The number of hydrogen-bond acceptors (Lipinski definition) is 5. The SMILES string of the molecule is CCC(C(=O)NCC(C)C)N(Cc1ccc(Cl)cc1Cl)C(=O)CN(c1ccc(C)cc1)S(=O)(=O)c1ccc(SC)cc1. The molecular weight excluding hydrogens is 613 g/mol. The zero-order valence-corrected chi connectivity index (χ0v) is 27.6. The van der Waals surface area contributed by atoms with Crippen molar-refractivity contribution in [1.29, 1.82) is 0 Å². The van der Waals surface area contributed by atoms with Crippen molar-refractivity contribution in [2.75, 3.05) is 23.7 Å². The minimum Gasteiger partial charge on any atom is -0.354 e. The predicted molar refractivity (Wildman–Crippen MR) is 173 cm³/mol. The Kier molecular flexibility index (Phi) is 12.2. The molecule has 42 heavy (non-hydrogen) atoms. The number of nitrogens with one attached hydrogen (secondary N) is 1. The number of carbonyl (C=O) groups is 2. The van der Waals surface area contributed by atoms with Crippen LogP contribution in [0.1, 0.15) is 38.3 Å². The minimum atomic E-state index is -4.15. The molecule has 0 radical (unpaired) electrons. The van der Waals surface area contributed by atoms with Crippen molar-refractivity contribution in [3.05, 3.63) is 87.9 Å². The van der Waals surface area contributed by atoms with Gasteiger partial charge in [-0.2, -0.15) is 0 Å². The standard InChI is InChI=1S/C31H37Cl2N3O4S2/c1-6-29(31(38)34-18-21(2)3)35(19-23-9-10-24(32)17-28(23)33)30(37)20-36(25-11-7-22(4)8-12-25)42(39,40)27-15-13-26(41-5)14-16-27/h7-17,21,29H,6,18-20H2,1-5H3,(H,34,38). The molecule has 1 N–H and O–H groups in total. The van der Waals surface area contributed by atoms with E-state index in [1.807, 2.05) is 34.0 Å². The highest BCUT2D eigenvalue weighted by molar-refractivity contribution is 7.98. The van der Waals surface area contributed by atoms with E-state index >= 15 is 0 Å². The molecule has 0 aliphatic heterocycles. The molecule has 1 unspecified atom stereocenters. The third-order valence-electron chi connectivity index (χ3n) is 6.67. The van der Waals surface area contributed by atoms with Crippen LogP contribution in [0.2, 0.25) is 10.0 Å². The average molecular weight is 651 g/mol. The molecule has 7 nitrogen and oxygen atoms in total. The zero-order chi connectivity index (χ0) is 31.0. The quantitative estimate of drug-likeness (QED) is 0.206. The molecule has 0 saturated carbocycles. The van der Waals surface area contributed by atoms with E-state index in [4.69, 9.17) is 23.2 Å². The fourth-order valence-corrected chi connectivity index (χ4v) is 6.58. The zero-order valence-electron chi connectivity index (χ0n) is 24.4. The summed E-state index contributed by atoms with van der Waals surface area (Å²) < 4.78 is 29.1. The number of sulfonamides is 1. The van der Waals surface area contributed by atoms with Crippen molar-refractivity contribution in [3.8, 4) is 0 Å². The van der Waals surface area contributed by atoms with Gasteiger partial charge in [0, 0.05) is 28.0 Å². The molecule has 3 aromatic rings. The van der Waals surface area contributed by atoms with E-state index in [1.54, 1.807) is 54.6 Å². The molecular formula is C31H37Cl2N3O4S2. The van der Waals surface area contributed by atoms with Gasteiger partial charge in [0.2, 0.25) is 11.8 Å². The Morgan fingerprint density at radius 1 is 0.976 bits per heavy atom. The Morgan fingerprint density at radius 2 is 1.62 bits per heavy atom. The molecule has 0 spiro atoms. The summed E-state index contributed by atoms with van der Waals surface area (Å²) >= 11 is 14.1. The lowest BCUT2D eigenvalue weighted by molar-refractivity contribution is -0.140. The summed E-state index contributed by atoms with van der Waals surface area (Å²) in [6, 6.07) is 17.5. The van der Waals surface area contributed by atoms with Gasteiger partial charge in [-0.3, -0.25) is 13.9 Å². The molecule has 3 aromatic carbocycles. The first kappa shape index (κ1) is 33.8. The molecule has 0 fully saturated rings. The average Bonchev–Trinajstić information content (AvgIpc) is 2.96. The largest absolute Gasteiger partial charge is 0.354 e. The van der Waals surface area contributed by atoms with Crippen LogP contribution in [0, 0.1) is 12.8 Å². The lowest BCUT2D eigenvalue weighted by Crippen LogP contribution is -2.52. The van der Waals surface area contributed by atoms with Crippen LogP contribution in [0.15, 0.2) is 76.5 Å². The van der Waals surface area contributed by atoms with Crippen molar-refractivity contribution in [3.63, 3.8) is 0 Å².